The second kappa shape index (κ2) is 11.7. The first-order valence-electron chi connectivity index (χ1n) is 15.4. The highest BCUT2D eigenvalue weighted by Crippen LogP contribution is 2.57. The number of amides is 2. The minimum atomic E-state index is -3.74. The number of nitrogens with zero attached hydrogens (tertiary/aromatic N) is 3. The normalized spacial score (nSPS) is 31.7. The van der Waals surface area contributed by atoms with E-state index >= 15 is 8.78 Å². The van der Waals surface area contributed by atoms with E-state index < -0.39 is 76.8 Å². The van der Waals surface area contributed by atoms with Gasteiger partial charge < -0.3 is 24.4 Å². The van der Waals surface area contributed by atoms with Crippen molar-refractivity contribution in [2.24, 2.45) is 23.2 Å². The fourth-order valence-corrected chi connectivity index (χ4v) is 7.03. The summed E-state index contributed by atoms with van der Waals surface area (Å²) >= 11 is 0. The molecule has 4 aliphatic rings. The van der Waals surface area contributed by atoms with E-state index in [9.17, 15) is 23.2 Å². The van der Waals surface area contributed by atoms with Crippen LogP contribution in [0.25, 0.3) is 11.0 Å². The lowest BCUT2D eigenvalue weighted by Gasteiger charge is -2.35. The van der Waals surface area contributed by atoms with Crippen LogP contribution in [0.5, 0.6) is 5.88 Å². The molecule has 0 spiro atoms. The molecular formula is C32H36F4N4O6. The third-order valence-electron chi connectivity index (χ3n) is 9.45. The highest BCUT2D eigenvalue weighted by molar-refractivity contribution is 5.91. The van der Waals surface area contributed by atoms with Crippen LogP contribution in [0.15, 0.2) is 24.3 Å². The van der Waals surface area contributed by atoms with E-state index in [0.717, 1.165) is 19.6 Å². The first-order valence-corrected chi connectivity index (χ1v) is 15.4. The van der Waals surface area contributed by atoms with Crippen molar-refractivity contribution in [3.8, 4) is 5.88 Å². The Hall–Kier alpha value is -3.97. The Morgan fingerprint density at radius 3 is 2.41 bits per heavy atom. The molecule has 10 nitrogen and oxygen atoms in total. The Labute approximate surface area is 262 Å². The van der Waals surface area contributed by atoms with Crippen LogP contribution in [-0.2, 0) is 25.0 Å². The first kappa shape index (κ1) is 32.0. The molecule has 1 aromatic heterocycles. The largest absolute Gasteiger partial charge is 0.471 e. The van der Waals surface area contributed by atoms with Crippen LogP contribution in [0.3, 0.4) is 0 Å². The van der Waals surface area contributed by atoms with E-state index in [1.165, 1.54) is 11.0 Å². The molecule has 46 heavy (non-hydrogen) atoms. The highest BCUT2D eigenvalue weighted by atomic mass is 19.3. The second-order valence-corrected chi connectivity index (χ2v) is 13.7. The summed E-state index contributed by atoms with van der Waals surface area (Å²) in [5, 5.41) is 2.72. The molecule has 1 aromatic carbocycles. The average Bonchev–Trinajstić information content (AvgIpc) is 3.47. The van der Waals surface area contributed by atoms with Gasteiger partial charge in [-0.15, -0.1) is 0 Å². The van der Waals surface area contributed by atoms with Crippen molar-refractivity contribution in [1.82, 2.24) is 20.2 Å². The molecule has 2 saturated carbocycles. The maximum Gasteiger partial charge on any atom is 0.408 e. The van der Waals surface area contributed by atoms with Gasteiger partial charge in [-0.2, -0.15) is 8.78 Å². The number of rotatable bonds is 1. The van der Waals surface area contributed by atoms with Gasteiger partial charge in [-0.3, -0.25) is 4.79 Å². The summed E-state index contributed by atoms with van der Waals surface area (Å²) < 4.78 is 76.5. The van der Waals surface area contributed by atoms with E-state index in [1.807, 2.05) is 0 Å². The number of hydrogen-bond acceptors (Lipinski definition) is 8. The van der Waals surface area contributed by atoms with Gasteiger partial charge in [-0.25, -0.2) is 28.3 Å². The molecule has 1 N–H and O–H groups in total. The molecule has 2 amide bonds. The SMILES string of the molecule is COC(=O)[C@@H]1C[C@@H]2CN1C(=O)[C@H](C(C)(C)C)NC(=O)O[C@@H]1CC3C[C@@H]3[C@H]1CC/C=C/C(F)(F)c1nc3cc(F)c(F)cc3nc1O2. The standard InChI is InChI=1S/C32H36F4N4O6/c1-31(2,3)26-28(41)40-14-16(11-23(40)29(42)44-4)45-27-25(37-21-12-19(33)20(34)13-22(21)38-27)32(35,36)8-6-5-7-17-18-9-15(18)10-24(17)46-30(43)39-26/h6,8,12-13,15-18,23-24,26H,5,7,9-11,14H2,1-4H3,(H,39,43)/b8-6+/t15?,16-,17-,18+,23+,24-,26-/m1/s1. The number of methoxy groups -OCH3 is 1. The predicted octanol–water partition coefficient (Wildman–Crippen LogP) is 5.04. The van der Waals surface area contributed by atoms with Crippen LogP contribution in [0.2, 0.25) is 0 Å². The Bertz CT molecular complexity index is 1600. The van der Waals surface area contributed by atoms with E-state index in [-0.39, 0.29) is 36.3 Å². The van der Waals surface area contributed by atoms with Crippen molar-refractivity contribution in [2.45, 2.75) is 83.1 Å². The molecule has 0 radical (unpaired) electrons. The molecule has 1 saturated heterocycles. The van der Waals surface area contributed by atoms with Gasteiger partial charge in [0.1, 0.15) is 24.3 Å². The summed E-state index contributed by atoms with van der Waals surface area (Å²) in [6, 6.07) is -0.896. The lowest BCUT2D eigenvalue weighted by Crippen LogP contribution is -2.57. The zero-order chi connectivity index (χ0) is 33.1. The quantitative estimate of drug-likeness (QED) is 0.260. The van der Waals surface area contributed by atoms with Crippen molar-refractivity contribution < 1.29 is 46.2 Å². The smallest absolute Gasteiger partial charge is 0.408 e. The van der Waals surface area contributed by atoms with Crippen LogP contribution in [0.1, 0.15) is 58.6 Å². The minimum Gasteiger partial charge on any atom is -0.471 e. The molecule has 14 heteroatoms. The van der Waals surface area contributed by atoms with Crippen LogP contribution in [0.4, 0.5) is 22.4 Å². The zero-order valence-electron chi connectivity index (χ0n) is 25.9. The third kappa shape index (κ3) is 6.09. The van der Waals surface area contributed by atoms with E-state index in [1.54, 1.807) is 20.8 Å². The van der Waals surface area contributed by atoms with Gasteiger partial charge in [-0.1, -0.05) is 26.8 Å². The first-order chi connectivity index (χ1) is 21.7. The molecule has 1 unspecified atom stereocenters. The summed E-state index contributed by atoms with van der Waals surface area (Å²) in [6.07, 6.45) is 1.93. The van der Waals surface area contributed by atoms with Gasteiger partial charge in [0.2, 0.25) is 11.8 Å². The number of alkyl halides is 2. The number of nitrogens with one attached hydrogen (secondary N) is 1. The lowest BCUT2D eigenvalue weighted by atomic mass is 9.85. The molecule has 2 aliphatic heterocycles. The number of aromatic nitrogens is 2. The van der Waals surface area contributed by atoms with Crippen LogP contribution in [-0.4, -0.2) is 70.8 Å². The van der Waals surface area contributed by atoms with Crippen molar-refractivity contribution in [3.63, 3.8) is 0 Å². The average molecular weight is 649 g/mol. The molecule has 7 atom stereocenters. The van der Waals surface area contributed by atoms with Crippen molar-refractivity contribution in [1.29, 1.82) is 0 Å². The number of hydrogen-bond donors (Lipinski definition) is 1. The maximum absolute atomic E-state index is 15.8. The molecule has 2 bridgehead atoms. The van der Waals surface area contributed by atoms with Crippen molar-refractivity contribution >= 4 is 29.0 Å². The van der Waals surface area contributed by atoms with Gasteiger partial charge in [0.15, 0.2) is 17.3 Å². The van der Waals surface area contributed by atoms with E-state index in [4.69, 9.17) is 14.2 Å². The molecule has 2 aliphatic carbocycles. The number of carbonyl (C=O) groups is 3. The number of halogens is 4. The number of carbonyl (C=O) groups excluding carboxylic acids is 3. The number of ether oxygens (including phenoxy) is 3. The number of allylic oxidation sites excluding steroid dienone is 2. The minimum absolute atomic E-state index is 0.0445. The second-order valence-electron chi connectivity index (χ2n) is 13.7. The fourth-order valence-electron chi connectivity index (χ4n) is 7.03. The van der Waals surface area contributed by atoms with Crippen LogP contribution in [0, 0.1) is 34.8 Å². The predicted molar refractivity (Wildman–Crippen MR) is 155 cm³/mol. The molecule has 3 heterocycles. The van der Waals surface area contributed by atoms with E-state index in [2.05, 4.69) is 15.3 Å². The summed E-state index contributed by atoms with van der Waals surface area (Å²) in [7, 11) is 1.15. The Kier molecular flexibility index (Phi) is 8.12. The van der Waals surface area contributed by atoms with Gasteiger partial charge in [0.05, 0.1) is 24.7 Å². The maximum atomic E-state index is 15.8. The van der Waals surface area contributed by atoms with Crippen molar-refractivity contribution in [2.75, 3.05) is 13.7 Å². The Balaban J connectivity index is 1.42. The zero-order valence-corrected chi connectivity index (χ0v) is 25.9. The van der Waals surface area contributed by atoms with Gasteiger partial charge in [-0.05, 0) is 54.9 Å². The fraction of sp³-hybridized carbons (Fsp3) is 0.594. The topological polar surface area (TPSA) is 120 Å². The van der Waals surface area contributed by atoms with Crippen molar-refractivity contribution in [3.05, 3.63) is 41.6 Å². The van der Waals surface area contributed by atoms with Gasteiger partial charge in [0, 0.05) is 18.6 Å². The number of fused-ring (bicyclic) bond motifs is 7. The van der Waals surface area contributed by atoms with Gasteiger partial charge >= 0.3 is 18.0 Å². The third-order valence-corrected chi connectivity index (χ3v) is 9.45. The molecule has 2 aromatic rings. The monoisotopic (exact) mass is 648 g/mol. The molecule has 6 rings (SSSR count). The molecule has 3 fully saturated rings. The van der Waals surface area contributed by atoms with Gasteiger partial charge in [0.25, 0.3) is 0 Å². The lowest BCUT2D eigenvalue weighted by molar-refractivity contribution is -0.152. The summed E-state index contributed by atoms with van der Waals surface area (Å²) in [6.45, 7) is 4.99. The number of alkyl carbamates (subject to hydrolysis) is 1. The highest BCUT2D eigenvalue weighted by Gasteiger charge is 2.55. The van der Waals surface area contributed by atoms with Crippen LogP contribution >= 0.6 is 0 Å². The number of benzene rings is 1. The molecule has 248 valence electrons. The number of esters is 1. The molecular weight excluding hydrogens is 612 g/mol. The summed E-state index contributed by atoms with van der Waals surface area (Å²) in [5.74, 6) is -7.64. The summed E-state index contributed by atoms with van der Waals surface area (Å²) in [4.78, 5) is 49.4. The van der Waals surface area contributed by atoms with Crippen LogP contribution < -0.4 is 10.1 Å². The van der Waals surface area contributed by atoms with E-state index in [0.29, 0.717) is 36.8 Å². The summed E-state index contributed by atoms with van der Waals surface area (Å²) in [5.41, 5.74) is -2.28. The Morgan fingerprint density at radius 1 is 1.04 bits per heavy atom. The Morgan fingerprint density at radius 2 is 1.74 bits per heavy atom.